The van der Waals surface area contributed by atoms with E-state index in [-0.39, 0.29) is 11.5 Å². The van der Waals surface area contributed by atoms with Crippen LogP contribution in [0.3, 0.4) is 0 Å². The summed E-state index contributed by atoms with van der Waals surface area (Å²) < 4.78 is 12.0. The number of hydrogen-bond acceptors (Lipinski definition) is 4. The van der Waals surface area contributed by atoms with E-state index in [9.17, 15) is 4.79 Å². The number of nitrogens with zero attached hydrogens (tertiary/aromatic N) is 2. The number of amides is 1. The average Bonchev–Trinajstić information content (AvgIpc) is 3.22. The van der Waals surface area contributed by atoms with Crippen molar-refractivity contribution in [1.82, 2.24) is 4.90 Å². The van der Waals surface area contributed by atoms with Crippen LogP contribution in [0.4, 0.5) is 0 Å². The molecule has 1 aromatic carbocycles. The fourth-order valence-electron chi connectivity index (χ4n) is 4.97. The number of benzene rings is 1. The first-order valence-corrected chi connectivity index (χ1v) is 10.7. The molecule has 2 saturated heterocycles. The zero-order chi connectivity index (χ0) is 19.4. The highest BCUT2D eigenvalue weighted by Crippen LogP contribution is 2.38. The summed E-state index contributed by atoms with van der Waals surface area (Å²) in [6, 6.07) is 9.02. The number of carbonyl (C=O) groups is 1. The monoisotopic (exact) mass is 382 g/mol. The van der Waals surface area contributed by atoms with Gasteiger partial charge in [-0.3, -0.25) is 4.79 Å². The van der Waals surface area contributed by atoms with E-state index >= 15 is 0 Å². The van der Waals surface area contributed by atoms with Crippen molar-refractivity contribution in [3.05, 3.63) is 35.4 Å². The van der Waals surface area contributed by atoms with E-state index < -0.39 is 0 Å². The zero-order valence-electron chi connectivity index (χ0n) is 16.6. The molecule has 150 valence electrons. The van der Waals surface area contributed by atoms with E-state index in [1.807, 2.05) is 4.90 Å². The molecule has 4 rings (SSSR count). The molecule has 1 unspecified atom stereocenters. The molecule has 0 bridgehead atoms. The van der Waals surface area contributed by atoms with Gasteiger partial charge in [-0.1, -0.05) is 18.9 Å². The Kier molecular flexibility index (Phi) is 5.99. The summed E-state index contributed by atoms with van der Waals surface area (Å²) in [4.78, 5) is 14.5. The van der Waals surface area contributed by atoms with Crippen LogP contribution in [-0.2, 0) is 9.47 Å². The van der Waals surface area contributed by atoms with Crippen molar-refractivity contribution in [2.45, 2.75) is 50.5 Å². The summed E-state index contributed by atoms with van der Waals surface area (Å²) >= 11 is 0. The molecule has 5 heteroatoms. The predicted molar refractivity (Wildman–Crippen MR) is 106 cm³/mol. The molecule has 1 spiro atoms. The molecule has 1 atom stereocenters. The fraction of sp³-hybridized carbons (Fsp3) is 0.652. The van der Waals surface area contributed by atoms with Crippen molar-refractivity contribution in [3.8, 4) is 6.07 Å². The maximum absolute atomic E-state index is 12.7. The van der Waals surface area contributed by atoms with Crippen LogP contribution in [0.15, 0.2) is 24.3 Å². The normalized spacial score (nSPS) is 24.1. The zero-order valence-corrected chi connectivity index (χ0v) is 16.6. The lowest BCUT2D eigenvalue weighted by Crippen LogP contribution is -2.66. The van der Waals surface area contributed by atoms with Gasteiger partial charge in [0.25, 0.3) is 5.91 Å². The molecule has 2 aliphatic heterocycles. The van der Waals surface area contributed by atoms with Crippen molar-refractivity contribution < 1.29 is 14.3 Å². The third-order valence-corrected chi connectivity index (χ3v) is 6.58. The highest BCUT2D eigenvalue weighted by Gasteiger charge is 2.49. The summed E-state index contributed by atoms with van der Waals surface area (Å²) in [5, 5.41) is 9.03. The Morgan fingerprint density at radius 3 is 2.86 bits per heavy atom. The number of likely N-dealkylation sites (tertiary alicyclic amines) is 1. The van der Waals surface area contributed by atoms with Crippen LogP contribution in [0, 0.1) is 23.2 Å². The molecule has 0 N–H and O–H groups in total. The van der Waals surface area contributed by atoms with Gasteiger partial charge in [0, 0.05) is 25.4 Å². The molecule has 1 amide bonds. The first-order chi connectivity index (χ1) is 13.7. The number of carbonyl (C=O) groups excluding carboxylic acids is 1. The standard InChI is InChI=1S/C23H30N2O3/c24-14-20-6-3-7-21(12-20)22(26)25-16-23(17-25)13-18(9-11-28-23)8-10-27-15-19-4-1-2-5-19/h3,6-7,12,18-19H,1-2,4-5,8-11,13,15-17H2. The third kappa shape index (κ3) is 4.39. The Hall–Kier alpha value is -1.90. The van der Waals surface area contributed by atoms with Crippen LogP contribution in [0.25, 0.3) is 0 Å². The summed E-state index contributed by atoms with van der Waals surface area (Å²) in [6.07, 6.45) is 8.60. The molecule has 2 heterocycles. The molecule has 3 aliphatic rings. The Bertz CT molecular complexity index is 730. The average molecular weight is 383 g/mol. The second kappa shape index (κ2) is 8.63. The SMILES string of the molecule is N#Cc1cccc(C(=O)N2CC3(CC(CCOCC4CCCC4)CCO3)C2)c1. The third-order valence-electron chi connectivity index (χ3n) is 6.58. The minimum atomic E-state index is -0.170. The summed E-state index contributed by atoms with van der Waals surface area (Å²) in [6.45, 7) is 3.86. The second-order valence-electron chi connectivity index (χ2n) is 8.76. The Morgan fingerprint density at radius 1 is 1.25 bits per heavy atom. The van der Waals surface area contributed by atoms with Gasteiger partial charge in [-0.25, -0.2) is 0 Å². The quantitative estimate of drug-likeness (QED) is 0.703. The van der Waals surface area contributed by atoms with Crippen molar-refractivity contribution in [1.29, 1.82) is 5.26 Å². The maximum Gasteiger partial charge on any atom is 0.254 e. The lowest BCUT2D eigenvalue weighted by Gasteiger charge is -2.53. The molecular weight excluding hydrogens is 352 g/mol. The van der Waals surface area contributed by atoms with Crippen molar-refractivity contribution >= 4 is 5.91 Å². The van der Waals surface area contributed by atoms with Crippen molar-refractivity contribution in [2.24, 2.45) is 11.8 Å². The number of hydrogen-bond donors (Lipinski definition) is 0. The van der Waals surface area contributed by atoms with Crippen molar-refractivity contribution in [3.63, 3.8) is 0 Å². The van der Waals surface area contributed by atoms with Crippen LogP contribution >= 0.6 is 0 Å². The Morgan fingerprint density at radius 2 is 2.07 bits per heavy atom. The van der Waals surface area contributed by atoms with Gasteiger partial charge < -0.3 is 14.4 Å². The highest BCUT2D eigenvalue weighted by molar-refractivity contribution is 5.95. The van der Waals surface area contributed by atoms with Crippen LogP contribution in [0.1, 0.15) is 60.9 Å². The number of rotatable bonds is 6. The number of ether oxygens (including phenoxy) is 2. The molecule has 1 aliphatic carbocycles. The van der Waals surface area contributed by atoms with Gasteiger partial charge in [-0.15, -0.1) is 0 Å². The van der Waals surface area contributed by atoms with Gasteiger partial charge in [0.15, 0.2) is 0 Å². The topological polar surface area (TPSA) is 62.6 Å². The van der Waals surface area contributed by atoms with Crippen molar-refractivity contribution in [2.75, 3.05) is 32.9 Å². The smallest absolute Gasteiger partial charge is 0.254 e. The van der Waals surface area contributed by atoms with E-state index in [1.165, 1.54) is 25.7 Å². The van der Waals surface area contributed by atoms with Crippen LogP contribution in [0.5, 0.6) is 0 Å². The van der Waals surface area contributed by atoms with E-state index in [4.69, 9.17) is 14.7 Å². The minimum absolute atomic E-state index is 0.00616. The van der Waals surface area contributed by atoms with E-state index in [0.29, 0.717) is 30.1 Å². The van der Waals surface area contributed by atoms with E-state index in [1.54, 1.807) is 24.3 Å². The van der Waals surface area contributed by atoms with Crippen LogP contribution in [0.2, 0.25) is 0 Å². The lowest BCUT2D eigenvalue weighted by atomic mass is 9.79. The highest BCUT2D eigenvalue weighted by atomic mass is 16.5. The summed E-state index contributed by atoms with van der Waals surface area (Å²) in [5.41, 5.74) is 0.936. The first-order valence-electron chi connectivity index (χ1n) is 10.7. The van der Waals surface area contributed by atoms with Gasteiger partial charge in [0.1, 0.15) is 5.60 Å². The maximum atomic E-state index is 12.7. The molecule has 3 fully saturated rings. The molecule has 1 aromatic rings. The second-order valence-corrected chi connectivity index (χ2v) is 8.76. The number of nitriles is 1. The Balaban J connectivity index is 1.22. The first kappa shape index (κ1) is 19.4. The van der Waals surface area contributed by atoms with Gasteiger partial charge in [-0.05, 0) is 62.1 Å². The van der Waals surface area contributed by atoms with Crippen LogP contribution in [-0.4, -0.2) is 49.3 Å². The molecule has 0 aromatic heterocycles. The summed E-state index contributed by atoms with van der Waals surface area (Å²) in [5.74, 6) is 1.40. The molecule has 0 radical (unpaired) electrons. The van der Waals surface area contributed by atoms with Gasteiger partial charge in [0.2, 0.25) is 0 Å². The summed E-state index contributed by atoms with van der Waals surface area (Å²) in [7, 11) is 0. The molecular formula is C23H30N2O3. The van der Waals surface area contributed by atoms with Crippen LogP contribution < -0.4 is 0 Å². The Labute approximate surface area is 167 Å². The fourth-order valence-corrected chi connectivity index (χ4v) is 4.97. The largest absolute Gasteiger partial charge is 0.381 e. The van der Waals surface area contributed by atoms with Gasteiger partial charge in [-0.2, -0.15) is 5.26 Å². The van der Waals surface area contributed by atoms with E-state index in [2.05, 4.69) is 6.07 Å². The lowest BCUT2D eigenvalue weighted by molar-refractivity contribution is -0.167. The minimum Gasteiger partial charge on any atom is -0.381 e. The van der Waals surface area contributed by atoms with Gasteiger partial charge >= 0.3 is 0 Å². The molecule has 5 nitrogen and oxygen atoms in total. The molecule has 1 saturated carbocycles. The van der Waals surface area contributed by atoms with Gasteiger partial charge in [0.05, 0.1) is 24.7 Å². The molecule has 28 heavy (non-hydrogen) atoms. The van der Waals surface area contributed by atoms with E-state index in [0.717, 1.165) is 45.0 Å². The predicted octanol–water partition coefficient (Wildman–Crippen LogP) is 3.78.